The molecule has 7 heteroatoms. The normalized spacial score (nSPS) is 27.0. The van der Waals surface area contributed by atoms with Gasteiger partial charge in [-0.25, -0.2) is 0 Å². The summed E-state index contributed by atoms with van der Waals surface area (Å²) in [6.07, 6.45) is 2.36. The number of rotatable bonds is 6. The third-order valence-electron chi connectivity index (χ3n) is 6.75. The summed E-state index contributed by atoms with van der Waals surface area (Å²) in [6.45, 7) is 7.71. The number of Topliss-reactive ketones (excluding diaryl/α,β-unsaturated/α-hetero) is 1. The summed E-state index contributed by atoms with van der Waals surface area (Å²) >= 11 is 0. The van der Waals surface area contributed by atoms with Crippen molar-refractivity contribution in [1.82, 2.24) is 4.90 Å². The number of likely N-dealkylation sites (tertiary alicyclic amines) is 1. The highest BCUT2D eigenvalue weighted by Gasteiger charge is 2.42. The summed E-state index contributed by atoms with van der Waals surface area (Å²) in [4.78, 5) is 51.1. The lowest BCUT2D eigenvalue weighted by atomic mass is 9.77. The van der Waals surface area contributed by atoms with Gasteiger partial charge in [-0.1, -0.05) is 38.8 Å². The SMILES string of the molecule is CC(=O)c1cccc(NC(=O)[C@H](C)OC(=O)[C@@H]2CC(=O)N([C@@H]3CCC[C@@H](C)[C@H]3C)C2)c1. The highest BCUT2D eigenvalue weighted by Crippen LogP contribution is 2.36. The van der Waals surface area contributed by atoms with Gasteiger partial charge >= 0.3 is 5.97 Å². The van der Waals surface area contributed by atoms with Crippen LogP contribution in [0.15, 0.2) is 24.3 Å². The van der Waals surface area contributed by atoms with Gasteiger partial charge in [-0.2, -0.15) is 0 Å². The number of hydrogen-bond donors (Lipinski definition) is 1. The van der Waals surface area contributed by atoms with Crippen molar-refractivity contribution in [1.29, 1.82) is 0 Å². The van der Waals surface area contributed by atoms with Crippen LogP contribution in [0.1, 0.15) is 63.7 Å². The molecule has 1 aromatic rings. The molecule has 2 aliphatic rings. The number of carbonyl (C=O) groups excluding carboxylic acids is 4. The molecule has 2 amide bonds. The average molecular weight is 429 g/mol. The standard InChI is InChI=1S/C24H32N2O5/c1-14-7-5-10-21(15(14)2)26-13-19(12-22(26)28)24(30)31-17(4)23(29)25-20-9-6-8-18(11-20)16(3)27/h6,8-9,11,14-15,17,19,21H,5,7,10,12-13H2,1-4H3,(H,25,29)/t14-,15-,17+,19-,21-/m1/s1. The zero-order valence-corrected chi connectivity index (χ0v) is 18.7. The van der Waals surface area contributed by atoms with E-state index >= 15 is 0 Å². The van der Waals surface area contributed by atoms with Gasteiger partial charge < -0.3 is 15.0 Å². The van der Waals surface area contributed by atoms with E-state index in [2.05, 4.69) is 19.2 Å². The molecule has 0 aromatic heterocycles. The Labute approximate surface area is 183 Å². The van der Waals surface area contributed by atoms with Crippen molar-refractivity contribution in [2.45, 2.75) is 65.5 Å². The summed E-state index contributed by atoms with van der Waals surface area (Å²) in [5.74, 6) is -0.699. The van der Waals surface area contributed by atoms with Gasteiger partial charge in [0.05, 0.1) is 5.92 Å². The molecule has 0 unspecified atom stereocenters. The molecule has 1 aliphatic carbocycles. The third kappa shape index (κ3) is 5.32. The molecule has 5 atom stereocenters. The van der Waals surface area contributed by atoms with Crippen molar-refractivity contribution in [3.8, 4) is 0 Å². The van der Waals surface area contributed by atoms with Crippen LogP contribution in [0.5, 0.6) is 0 Å². The fourth-order valence-electron chi connectivity index (χ4n) is 4.59. The van der Waals surface area contributed by atoms with Crippen molar-refractivity contribution in [3.05, 3.63) is 29.8 Å². The first-order chi connectivity index (χ1) is 14.7. The molecule has 1 aliphatic heterocycles. The van der Waals surface area contributed by atoms with Gasteiger partial charge in [0.2, 0.25) is 5.91 Å². The zero-order valence-electron chi connectivity index (χ0n) is 18.7. The number of amides is 2. The molecule has 1 saturated heterocycles. The van der Waals surface area contributed by atoms with Gasteiger partial charge in [0, 0.05) is 30.3 Å². The van der Waals surface area contributed by atoms with Gasteiger partial charge in [-0.3, -0.25) is 19.2 Å². The minimum absolute atomic E-state index is 0.00828. The summed E-state index contributed by atoms with van der Waals surface area (Å²) in [5.41, 5.74) is 0.946. The van der Waals surface area contributed by atoms with Crippen LogP contribution in [0.3, 0.4) is 0 Å². The Morgan fingerprint density at radius 1 is 1.19 bits per heavy atom. The quantitative estimate of drug-likeness (QED) is 0.553. The lowest BCUT2D eigenvalue weighted by Gasteiger charge is -2.39. The smallest absolute Gasteiger partial charge is 0.312 e. The number of esters is 1. The van der Waals surface area contributed by atoms with Crippen molar-refractivity contribution in [2.75, 3.05) is 11.9 Å². The first kappa shape index (κ1) is 23.0. The number of ketones is 1. The number of anilines is 1. The number of benzene rings is 1. The summed E-state index contributed by atoms with van der Waals surface area (Å²) in [6, 6.07) is 6.75. The number of ether oxygens (including phenoxy) is 1. The molecular formula is C24H32N2O5. The monoisotopic (exact) mass is 428 g/mol. The van der Waals surface area contributed by atoms with Gasteiger partial charge in [0.25, 0.3) is 5.91 Å². The van der Waals surface area contributed by atoms with E-state index in [0.717, 1.165) is 12.8 Å². The topological polar surface area (TPSA) is 92.8 Å². The molecule has 1 aromatic carbocycles. The van der Waals surface area contributed by atoms with E-state index < -0.39 is 23.9 Å². The number of carbonyl (C=O) groups is 4. The molecule has 0 bridgehead atoms. The van der Waals surface area contributed by atoms with E-state index in [1.807, 2.05) is 4.90 Å². The second kappa shape index (κ2) is 9.62. The lowest BCUT2D eigenvalue weighted by molar-refractivity contribution is -0.157. The number of nitrogens with one attached hydrogen (secondary N) is 1. The number of nitrogens with zero attached hydrogens (tertiary/aromatic N) is 1. The largest absolute Gasteiger partial charge is 0.452 e. The van der Waals surface area contributed by atoms with Crippen LogP contribution in [0.4, 0.5) is 5.69 Å². The fourth-order valence-corrected chi connectivity index (χ4v) is 4.59. The molecule has 1 saturated carbocycles. The molecule has 168 valence electrons. The van der Waals surface area contributed by atoms with E-state index in [9.17, 15) is 19.2 Å². The minimum atomic E-state index is -1.01. The molecule has 1 heterocycles. The zero-order chi connectivity index (χ0) is 22.7. The molecule has 0 radical (unpaired) electrons. The van der Waals surface area contributed by atoms with Gasteiger partial charge in [0.1, 0.15) is 0 Å². The highest BCUT2D eigenvalue weighted by atomic mass is 16.5. The molecule has 2 fully saturated rings. The minimum Gasteiger partial charge on any atom is -0.452 e. The van der Waals surface area contributed by atoms with Crippen LogP contribution in [0.2, 0.25) is 0 Å². The van der Waals surface area contributed by atoms with Crippen LogP contribution >= 0.6 is 0 Å². The van der Waals surface area contributed by atoms with Crippen LogP contribution in [-0.4, -0.2) is 47.2 Å². The first-order valence-corrected chi connectivity index (χ1v) is 11.1. The maximum absolute atomic E-state index is 12.7. The van der Waals surface area contributed by atoms with Crippen LogP contribution < -0.4 is 5.32 Å². The van der Waals surface area contributed by atoms with Crippen molar-refractivity contribution in [2.24, 2.45) is 17.8 Å². The molecule has 1 N–H and O–H groups in total. The predicted molar refractivity (Wildman–Crippen MR) is 116 cm³/mol. The fraction of sp³-hybridized carbons (Fsp3) is 0.583. The van der Waals surface area contributed by atoms with E-state index in [0.29, 0.717) is 29.6 Å². The van der Waals surface area contributed by atoms with Gasteiger partial charge in [-0.05, 0) is 44.2 Å². The van der Waals surface area contributed by atoms with Crippen LogP contribution in [-0.2, 0) is 19.1 Å². The summed E-state index contributed by atoms with van der Waals surface area (Å²) in [5, 5.41) is 2.67. The Kier molecular flexibility index (Phi) is 7.13. The molecule has 3 rings (SSSR count). The Balaban J connectivity index is 1.56. The average Bonchev–Trinajstić information content (AvgIpc) is 3.11. The van der Waals surface area contributed by atoms with E-state index in [1.54, 1.807) is 24.3 Å². The van der Waals surface area contributed by atoms with Crippen molar-refractivity contribution < 1.29 is 23.9 Å². The Hall–Kier alpha value is -2.70. The maximum Gasteiger partial charge on any atom is 0.312 e. The first-order valence-electron chi connectivity index (χ1n) is 11.1. The Bertz CT molecular complexity index is 867. The maximum atomic E-state index is 12.7. The van der Waals surface area contributed by atoms with Gasteiger partial charge in [-0.15, -0.1) is 0 Å². The van der Waals surface area contributed by atoms with Crippen molar-refractivity contribution >= 4 is 29.3 Å². The lowest BCUT2D eigenvalue weighted by Crippen LogP contribution is -2.45. The Morgan fingerprint density at radius 2 is 1.94 bits per heavy atom. The van der Waals surface area contributed by atoms with E-state index in [1.165, 1.54) is 20.3 Å². The van der Waals surface area contributed by atoms with Crippen molar-refractivity contribution in [3.63, 3.8) is 0 Å². The van der Waals surface area contributed by atoms with Crippen LogP contribution in [0.25, 0.3) is 0 Å². The van der Waals surface area contributed by atoms with E-state index in [4.69, 9.17) is 4.74 Å². The predicted octanol–water partition coefficient (Wildman–Crippen LogP) is 3.43. The molecular weight excluding hydrogens is 396 g/mol. The summed E-state index contributed by atoms with van der Waals surface area (Å²) < 4.78 is 5.38. The molecule has 31 heavy (non-hydrogen) atoms. The second-order valence-corrected chi connectivity index (χ2v) is 8.99. The van der Waals surface area contributed by atoms with Crippen LogP contribution in [0, 0.1) is 17.8 Å². The number of hydrogen-bond acceptors (Lipinski definition) is 5. The molecule has 7 nitrogen and oxygen atoms in total. The third-order valence-corrected chi connectivity index (χ3v) is 6.75. The highest BCUT2D eigenvalue weighted by molar-refractivity contribution is 5.98. The second-order valence-electron chi connectivity index (χ2n) is 8.99. The van der Waals surface area contributed by atoms with E-state index in [-0.39, 0.29) is 24.2 Å². The Morgan fingerprint density at radius 3 is 2.65 bits per heavy atom. The van der Waals surface area contributed by atoms with Gasteiger partial charge in [0.15, 0.2) is 11.9 Å². The summed E-state index contributed by atoms with van der Waals surface area (Å²) in [7, 11) is 0. The molecule has 0 spiro atoms.